The van der Waals surface area contributed by atoms with Crippen LogP contribution in [0.1, 0.15) is 27.7 Å². The van der Waals surface area contributed by atoms with Crippen LogP contribution in [-0.2, 0) is 0 Å². The lowest BCUT2D eigenvalue weighted by atomic mass is 10.3. The SMILES string of the molecule is CC[N+](CC)(CC)CC.NO.O. The van der Waals surface area contributed by atoms with Crippen molar-refractivity contribution in [2.45, 2.75) is 27.7 Å². The van der Waals surface area contributed by atoms with E-state index in [4.69, 9.17) is 5.21 Å². The molecule has 4 nitrogen and oxygen atoms in total. The minimum atomic E-state index is 0. The van der Waals surface area contributed by atoms with Crippen LogP contribution < -0.4 is 5.90 Å². The molecule has 0 heterocycles. The minimum Gasteiger partial charge on any atom is -0.412 e. The van der Waals surface area contributed by atoms with Crippen molar-refractivity contribution >= 4 is 0 Å². The number of quaternary nitrogens is 1. The predicted octanol–water partition coefficient (Wildman–Crippen LogP) is 0.392. The van der Waals surface area contributed by atoms with E-state index in [0.29, 0.717) is 0 Å². The second-order valence-corrected chi connectivity index (χ2v) is 2.61. The van der Waals surface area contributed by atoms with Gasteiger partial charge in [-0.3, -0.25) is 0 Å². The average molecular weight is 181 g/mol. The maximum absolute atomic E-state index is 6.50. The fourth-order valence-electron chi connectivity index (χ4n) is 1.34. The Morgan fingerprint density at radius 3 is 1.00 bits per heavy atom. The summed E-state index contributed by atoms with van der Waals surface area (Å²) < 4.78 is 1.28. The monoisotopic (exact) mass is 181 g/mol. The molecular formula is C8H25N2O2+. The highest BCUT2D eigenvalue weighted by atomic mass is 16.4. The third kappa shape index (κ3) is 5.49. The molecule has 5 N–H and O–H groups in total. The zero-order valence-corrected chi connectivity index (χ0v) is 8.80. The molecule has 0 rings (SSSR count). The van der Waals surface area contributed by atoms with Crippen molar-refractivity contribution in [3.8, 4) is 0 Å². The number of nitrogens with zero attached hydrogens (tertiary/aromatic N) is 1. The summed E-state index contributed by atoms with van der Waals surface area (Å²) >= 11 is 0. The molecule has 0 bridgehead atoms. The third-order valence-corrected chi connectivity index (χ3v) is 2.68. The molecule has 0 aromatic rings. The lowest BCUT2D eigenvalue weighted by Gasteiger charge is -2.34. The second-order valence-electron chi connectivity index (χ2n) is 2.61. The van der Waals surface area contributed by atoms with E-state index < -0.39 is 0 Å². The number of hydrogen-bond donors (Lipinski definition) is 2. The number of nitrogens with two attached hydrogens (primary N) is 1. The predicted molar refractivity (Wildman–Crippen MR) is 52.0 cm³/mol. The Balaban J connectivity index is -0.000000249. The highest BCUT2D eigenvalue weighted by Crippen LogP contribution is 2.03. The summed E-state index contributed by atoms with van der Waals surface area (Å²) in [5, 5.41) is 6.50. The van der Waals surface area contributed by atoms with Crippen molar-refractivity contribution in [1.82, 2.24) is 0 Å². The Labute approximate surface area is 75.8 Å². The van der Waals surface area contributed by atoms with Crippen molar-refractivity contribution in [1.29, 1.82) is 0 Å². The topological polar surface area (TPSA) is 77.8 Å². The van der Waals surface area contributed by atoms with E-state index in [-0.39, 0.29) is 5.48 Å². The van der Waals surface area contributed by atoms with Gasteiger partial charge in [-0.2, -0.15) is 0 Å². The van der Waals surface area contributed by atoms with Crippen LogP contribution >= 0.6 is 0 Å². The summed E-state index contributed by atoms with van der Waals surface area (Å²) in [5.41, 5.74) is 0. The smallest absolute Gasteiger partial charge is 0.0757 e. The Morgan fingerprint density at radius 2 is 1.00 bits per heavy atom. The average Bonchev–Trinajstić information content (AvgIpc) is 2.13. The van der Waals surface area contributed by atoms with Gasteiger partial charge in [0.15, 0.2) is 0 Å². The van der Waals surface area contributed by atoms with E-state index >= 15 is 0 Å². The molecule has 0 unspecified atom stereocenters. The van der Waals surface area contributed by atoms with Gasteiger partial charge in [0, 0.05) is 0 Å². The second kappa shape index (κ2) is 10.8. The van der Waals surface area contributed by atoms with Crippen LogP contribution in [0.4, 0.5) is 0 Å². The van der Waals surface area contributed by atoms with Crippen LogP contribution in [0.3, 0.4) is 0 Å². The Kier molecular flexibility index (Phi) is 16.1. The van der Waals surface area contributed by atoms with Crippen molar-refractivity contribution in [3.05, 3.63) is 0 Å². The first-order valence-corrected chi connectivity index (χ1v) is 4.35. The van der Waals surface area contributed by atoms with Crippen LogP contribution in [0.15, 0.2) is 0 Å². The van der Waals surface area contributed by atoms with E-state index in [0.717, 1.165) is 0 Å². The first-order chi connectivity index (χ1) is 5.24. The largest absolute Gasteiger partial charge is 0.412 e. The van der Waals surface area contributed by atoms with Gasteiger partial charge in [0.25, 0.3) is 0 Å². The highest BCUT2D eigenvalue weighted by molar-refractivity contribution is 4.31. The van der Waals surface area contributed by atoms with Gasteiger partial charge in [-0.25, -0.2) is 5.90 Å². The van der Waals surface area contributed by atoms with Crippen LogP contribution in [0.2, 0.25) is 0 Å². The molecule has 0 atom stereocenters. The standard InChI is InChI=1S/C8H20N.H3NO.H2O/c1-5-9(6-2,7-3)8-4;1-2;/h5-8H2,1-4H3;2H,1H2;1H2/q+1;;. The summed E-state index contributed by atoms with van der Waals surface area (Å²) in [5.74, 6) is 3.50. The van der Waals surface area contributed by atoms with Crippen LogP contribution in [0, 0.1) is 0 Å². The summed E-state index contributed by atoms with van der Waals surface area (Å²) in [7, 11) is 0. The van der Waals surface area contributed by atoms with Gasteiger partial charge in [0.1, 0.15) is 0 Å². The Morgan fingerprint density at radius 1 is 0.833 bits per heavy atom. The molecule has 0 aliphatic carbocycles. The molecular weight excluding hydrogens is 156 g/mol. The maximum Gasteiger partial charge on any atom is 0.0757 e. The molecule has 0 aromatic carbocycles. The summed E-state index contributed by atoms with van der Waals surface area (Å²) in [6.45, 7) is 14.2. The summed E-state index contributed by atoms with van der Waals surface area (Å²) in [4.78, 5) is 0. The molecule has 0 saturated carbocycles. The van der Waals surface area contributed by atoms with Gasteiger partial charge in [-0.15, -0.1) is 0 Å². The van der Waals surface area contributed by atoms with E-state index in [9.17, 15) is 0 Å². The molecule has 12 heavy (non-hydrogen) atoms. The van der Waals surface area contributed by atoms with E-state index in [1.165, 1.54) is 30.7 Å². The third-order valence-electron chi connectivity index (χ3n) is 2.68. The molecule has 4 heteroatoms. The van der Waals surface area contributed by atoms with Gasteiger partial charge in [-0.05, 0) is 27.7 Å². The Hall–Kier alpha value is -0.160. The summed E-state index contributed by atoms with van der Waals surface area (Å²) in [6.07, 6.45) is 0. The lowest BCUT2D eigenvalue weighted by Crippen LogP contribution is -2.47. The van der Waals surface area contributed by atoms with Gasteiger partial charge in [0.2, 0.25) is 0 Å². The first-order valence-electron chi connectivity index (χ1n) is 4.35. The lowest BCUT2D eigenvalue weighted by molar-refractivity contribution is -0.921. The molecule has 0 fully saturated rings. The van der Waals surface area contributed by atoms with Crippen LogP contribution in [0.25, 0.3) is 0 Å². The molecule has 78 valence electrons. The number of rotatable bonds is 4. The minimum absolute atomic E-state index is 0. The van der Waals surface area contributed by atoms with E-state index in [1.54, 1.807) is 0 Å². The van der Waals surface area contributed by atoms with Crippen molar-refractivity contribution in [2.75, 3.05) is 26.2 Å². The van der Waals surface area contributed by atoms with Crippen molar-refractivity contribution < 1.29 is 15.2 Å². The maximum atomic E-state index is 6.50. The fraction of sp³-hybridized carbons (Fsp3) is 1.00. The van der Waals surface area contributed by atoms with Gasteiger partial charge >= 0.3 is 0 Å². The van der Waals surface area contributed by atoms with Gasteiger partial charge in [-0.1, -0.05) is 0 Å². The van der Waals surface area contributed by atoms with E-state index in [1.807, 2.05) is 0 Å². The molecule has 0 aliphatic rings. The molecule has 0 aliphatic heterocycles. The highest BCUT2D eigenvalue weighted by Gasteiger charge is 2.16. The fourth-order valence-corrected chi connectivity index (χ4v) is 1.34. The normalized spacial score (nSPS) is 9.50. The Bertz CT molecular complexity index is 57.9. The zero-order chi connectivity index (χ0) is 9.33. The molecule has 0 saturated heterocycles. The van der Waals surface area contributed by atoms with Crippen molar-refractivity contribution in [2.24, 2.45) is 5.90 Å². The van der Waals surface area contributed by atoms with Crippen molar-refractivity contribution in [3.63, 3.8) is 0 Å². The quantitative estimate of drug-likeness (QED) is 0.486. The van der Waals surface area contributed by atoms with Gasteiger partial charge < -0.3 is 15.2 Å². The van der Waals surface area contributed by atoms with Crippen LogP contribution in [0.5, 0.6) is 0 Å². The molecule has 0 aromatic heterocycles. The van der Waals surface area contributed by atoms with E-state index in [2.05, 4.69) is 33.6 Å². The molecule has 0 radical (unpaired) electrons. The molecule has 0 spiro atoms. The van der Waals surface area contributed by atoms with Gasteiger partial charge in [0.05, 0.1) is 26.2 Å². The zero-order valence-electron chi connectivity index (χ0n) is 8.80. The number of hydrogen-bond acceptors (Lipinski definition) is 2. The molecule has 0 amide bonds. The summed E-state index contributed by atoms with van der Waals surface area (Å²) in [6, 6.07) is 0. The van der Waals surface area contributed by atoms with Crippen LogP contribution in [-0.4, -0.2) is 41.3 Å². The first kappa shape index (κ1) is 17.8.